The zero-order valence-electron chi connectivity index (χ0n) is 10.8. The van der Waals surface area contributed by atoms with E-state index in [2.05, 4.69) is 4.98 Å². The van der Waals surface area contributed by atoms with Crippen LogP contribution in [0.15, 0.2) is 42.7 Å². The van der Waals surface area contributed by atoms with Crippen LogP contribution in [0, 0.1) is 5.92 Å². The number of alkyl halides is 1. The van der Waals surface area contributed by atoms with Crippen LogP contribution in [0.3, 0.4) is 0 Å². The quantitative estimate of drug-likeness (QED) is 0.797. The number of nitrogens with zero attached hydrogens (tertiary/aromatic N) is 1. The maximum Gasteiger partial charge on any atom is 0.0847 e. The first-order valence-electron chi connectivity index (χ1n) is 6.17. The van der Waals surface area contributed by atoms with Gasteiger partial charge in [-0.05, 0) is 29.3 Å². The van der Waals surface area contributed by atoms with Gasteiger partial charge in [0, 0.05) is 28.4 Å². The summed E-state index contributed by atoms with van der Waals surface area (Å²) < 4.78 is 0. The van der Waals surface area contributed by atoms with Crippen LogP contribution < -0.4 is 0 Å². The molecule has 2 aromatic rings. The normalized spacial score (nSPS) is 15.7. The molecule has 3 atom stereocenters. The summed E-state index contributed by atoms with van der Waals surface area (Å²) >= 11 is 18.5. The summed E-state index contributed by atoms with van der Waals surface area (Å²) in [5.74, 6) is -0.223. The van der Waals surface area contributed by atoms with E-state index in [1.165, 1.54) is 0 Å². The van der Waals surface area contributed by atoms with Crippen molar-refractivity contribution in [1.82, 2.24) is 4.98 Å². The molecular formula is C15H14Cl3NO. The highest BCUT2D eigenvalue weighted by Crippen LogP contribution is 2.40. The molecule has 0 bridgehead atoms. The van der Waals surface area contributed by atoms with Gasteiger partial charge in [0.2, 0.25) is 0 Å². The predicted octanol–water partition coefficient (Wildman–Crippen LogP) is 5.04. The predicted molar refractivity (Wildman–Crippen MR) is 83.4 cm³/mol. The topological polar surface area (TPSA) is 33.1 Å². The number of benzene rings is 1. The molecule has 0 saturated heterocycles. The molecule has 1 aromatic carbocycles. The van der Waals surface area contributed by atoms with E-state index in [9.17, 15) is 5.11 Å². The summed E-state index contributed by atoms with van der Waals surface area (Å²) in [6.45, 7) is 1.88. The molecule has 0 spiro atoms. The average molecular weight is 331 g/mol. The summed E-state index contributed by atoms with van der Waals surface area (Å²) in [7, 11) is 0. The van der Waals surface area contributed by atoms with Crippen molar-refractivity contribution in [2.45, 2.75) is 18.4 Å². The van der Waals surface area contributed by atoms with E-state index in [4.69, 9.17) is 34.8 Å². The van der Waals surface area contributed by atoms with Crippen LogP contribution in [-0.2, 0) is 0 Å². The first-order valence-corrected chi connectivity index (χ1v) is 7.37. The third-order valence-electron chi connectivity index (χ3n) is 3.25. The third kappa shape index (κ3) is 3.44. The Balaban J connectivity index is 2.22. The van der Waals surface area contributed by atoms with Crippen molar-refractivity contribution < 1.29 is 5.11 Å². The smallest absolute Gasteiger partial charge is 0.0847 e. The van der Waals surface area contributed by atoms with E-state index >= 15 is 0 Å². The molecule has 0 amide bonds. The lowest BCUT2D eigenvalue weighted by Crippen LogP contribution is -2.15. The molecule has 20 heavy (non-hydrogen) atoms. The molecule has 0 aliphatic carbocycles. The molecule has 1 N–H and O–H groups in total. The fourth-order valence-corrected chi connectivity index (χ4v) is 2.93. The fourth-order valence-electron chi connectivity index (χ4n) is 2.02. The highest BCUT2D eigenvalue weighted by Gasteiger charge is 2.26. The van der Waals surface area contributed by atoms with E-state index < -0.39 is 11.5 Å². The summed E-state index contributed by atoms with van der Waals surface area (Å²) in [4.78, 5) is 4.00. The SMILES string of the molecule is CC(C(O)c1cccnc1)C(Cl)c1ccc(Cl)cc1Cl. The van der Waals surface area contributed by atoms with Gasteiger partial charge in [0.15, 0.2) is 0 Å². The van der Waals surface area contributed by atoms with Gasteiger partial charge in [0.1, 0.15) is 0 Å². The Morgan fingerprint density at radius 2 is 1.95 bits per heavy atom. The Morgan fingerprint density at radius 1 is 1.20 bits per heavy atom. The van der Waals surface area contributed by atoms with Gasteiger partial charge in [0.25, 0.3) is 0 Å². The summed E-state index contributed by atoms with van der Waals surface area (Å²) in [6.07, 6.45) is 2.58. The third-order valence-corrected chi connectivity index (χ3v) is 4.44. The monoisotopic (exact) mass is 329 g/mol. The van der Waals surface area contributed by atoms with Gasteiger partial charge < -0.3 is 5.11 Å². The Labute approximate surface area is 133 Å². The highest BCUT2D eigenvalue weighted by atomic mass is 35.5. The maximum atomic E-state index is 10.4. The molecule has 2 rings (SSSR count). The molecule has 0 aliphatic heterocycles. The van der Waals surface area contributed by atoms with Gasteiger partial charge in [-0.3, -0.25) is 4.98 Å². The molecule has 0 aliphatic rings. The summed E-state index contributed by atoms with van der Waals surface area (Å²) in [5, 5.41) is 11.0. The molecule has 106 valence electrons. The van der Waals surface area contributed by atoms with E-state index in [0.717, 1.165) is 11.1 Å². The van der Waals surface area contributed by atoms with Crippen molar-refractivity contribution in [3.05, 3.63) is 63.9 Å². The second kappa shape index (κ2) is 6.77. The van der Waals surface area contributed by atoms with Crippen molar-refractivity contribution in [2.24, 2.45) is 5.92 Å². The van der Waals surface area contributed by atoms with Crippen LogP contribution in [0.4, 0.5) is 0 Å². The Morgan fingerprint density at radius 3 is 2.55 bits per heavy atom. The van der Waals surface area contributed by atoms with Gasteiger partial charge >= 0.3 is 0 Å². The van der Waals surface area contributed by atoms with Gasteiger partial charge in [-0.25, -0.2) is 0 Å². The standard InChI is InChI=1S/C15H14Cl3NO/c1-9(15(20)10-3-2-6-19-8-10)14(18)12-5-4-11(16)7-13(12)17/h2-9,14-15,20H,1H3. The molecule has 5 heteroatoms. The number of pyridine rings is 1. The molecule has 1 heterocycles. The highest BCUT2D eigenvalue weighted by molar-refractivity contribution is 6.35. The van der Waals surface area contributed by atoms with Crippen LogP contribution in [-0.4, -0.2) is 10.1 Å². The Hall–Kier alpha value is -0.800. The second-order valence-electron chi connectivity index (χ2n) is 4.66. The van der Waals surface area contributed by atoms with Gasteiger partial charge in [-0.1, -0.05) is 42.3 Å². The zero-order chi connectivity index (χ0) is 14.7. The minimum Gasteiger partial charge on any atom is -0.388 e. The lowest BCUT2D eigenvalue weighted by Gasteiger charge is -2.24. The average Bonchev–Trinajstić information content (AvgIpc) is 2.46. The first kappa shape index (κ1) is 15.6. The molecular weight excluding hydrogens is 317 g/mol. The maximum absolute atomic E-state index is 10.4. The van der Waals surface area contributed by atoms with Crippen molar-refractivity contribution in [3.8, 4) is 0 Å². The molecule has 0 fully saturated rings. The Kier molecular flexibility index (Phi) is 5.28. The van der Waals surface area contributed by atoms with Crippen molar-refractivity contribution in [1.29, 1.82) is 0 Å². The van der Waals surface area contributed by atoms with E-state index in [1.807, 2.05) is 13.0 Å². The van der Waals surface area contributed by atoms with Gasteiger partial charge in [-0.2, -0.15) is 0 Å². The van der Waals surface area contributed by atoms with Gasteiger partial charge in [0.05, 0.1) is 11.5 Å². The van der Waals surface area contributed by atoms with Crippen molar-refractivity contribution >= 4 is 34.8 Å². The number of aliphatic hydroxyl groups is 1. The molecule has 2 nitrogen and oxygen atoms in total. The van der Waals surface area contributed by atoms with Crippen LogP contribution in [0.25, 0.3) is 0 Å². The number of rotatable bonds is 4. The van der Waals surface area contributed by atoms with E-state index in [0.29, 0.717) is 10.0 Å². The van der Waals surface area contributed by atoms with E-state index in [1.54, 1.807) is 36.7 Å². The van der Waals surface area contributed by atoms with Crippen molar-refractivity contribution in [3.63, 3.8) is 0 Å². The number of hydrogen-bond donors (Lipinski definition) is 1. The lowest BCUT2D eigenvalue weighted by molar-refractivity contribution is 0.114. The molecule has 1 aromatic heterocycles. The van der Waals surface area contributed by atoms with Gasteiger partial charge in [-0.15, -0.1) is 11.6 Å². The number of hydrogen-bond acceptors (Lipinski definition) is 2. The second-order valence-corrected chi connectivity index (χ2v) is 5.97. The number of aromatic nitrogens is 1. The number of aliphatic hydroxyl groups excluding tert-OH is 1. The molecule has 0 radical (unpaired) electrons. The molecule has 3 unspecified atom stereocenters. The number of halogens is 3. The largest absolute Gasteiger partial charge is 0.388 e. The van der Waals surface area contributed by atoms with Crippen LogP contribution in [0.5, 0.6) is 0 Å². The van der Waals surface area contributed by atoms with Crippen molar-refractivity contribution in [2.75, 3.05) is 0 Å². The van der Waals surface area contributed by atoms with Crippen LogP contribution >= 0.6 is 34.8 Å². The minimum atomic E-state index is -0.710. The van der Waals surface area contributed by atoms with Crippen LogP contribution in [0.2, 0.25) is 10.0 Å². The van der Waals surface area contributed by atoms with E-state index in [-0.39, 0.29) is 5.92 Å². The summed E-state index contributed by atoms with van der Waals surface area (Å²) in [6, 6.07) is 8.78. The zero-order valence-corrected chi connectivity index (χ0v) is 13.1. The Bertz CT molecular complexity index is 577. The first-order chi connectivity index (χ1) is 9.50. The lowest BCUT2D eigenvalue weighted by atomic mass is 9.91. The fraction of sp³-hybridized carbons (Fsp3) is 0.267. The van der Waals surface area contributed by atoms with Crippen LogP contribution in [0.1, 0.15) is 29.5 Å². The minimum absolute atomic E-state index is 0.223. The molecule has 0 saturated carbocycles. The summed E-state index contributed by atoms with van der Waals surface area (Å²) in [5.41, 5.74) is 1.49.